The summed E-state index contributed by atoms with van der Waals surface area (Å²) in [5.41, 5.74) is -0.474. The van der Waals surface area contributed by atoms with Crippen molar-refractivity contribution in [3.05, 3.63) is 66.0 Å². The maximum Gasteiger partial charge on any atom is 0.416 e. The number of aromatic nitrogens is 3. The molecule has 1 amide bonds. The van der Waals surface area contributed by atoms with E-state index in [4.69, 9.17) is 9.47 Å². The molecule has 1 aromatic heterocycles. The Morgan fingerprint density at radius 3 is 2.59 bits per heavy atom. The highest BCUT2D eigenvalue weighted by Gasteiger charge is 2.31. The number of rotatable bonds is 7. The summed E-state index contributed by atoms with van der Waals surface area (Å²) in [6.45, 7) is 0.342. The first kappa shape index (κ1) is 20.3. The minimum absolute atomic E-state index is 0.0610. The number of amides is 1. The highest BCUT2D eigenvalue weighted by molar-refractivity contribution is 6.03. The Morgan fingerprint density at radius 2 is 1.90 bits per heavy atom. The van der Waals surface area contributed by atoms with E-state index in [1.807, 2.05) is 6.07 Å². The molecular weight excluding hydrogens is 389 g/mol. The van der Waals surface area contributed by atoms with Crippen LogP contribution in [-0.2, 0) is 10.9 Å². The normalized spacial score (nSPS) is 11.3. The lowest BCUT2D eigenvalue weighted by atomic mass is 10.1. The summed E-state index contributed by atoms with van der Waals surface area (Å²) in [6.07, 6.45) is -3.34. The van der Waals surface area contributed by atoms with Gasteiger partial charge in [-0.1, -0.05) is 18.2 Å². The van der Waals surface area contributed by atoms with Crippen molar-refractivity contribution >= 4 is 11.6 Å². The van der Waals surface area contributed by atoms with E-state index in [-0.39, 0.29) is 30.3 Å². The van der Waals surface area contributed by atoms with Crippen LogP contribution in [0.1, 0.15) is 16.1 Å². The van der Waals surface area contributed by atoms with E-state index in [0.29, 0.717) is 5.69 Å². The molecular formula is C19H17F3N4O3. The molecule has 1 heterocycles. The van der Waals surface area contributed by atoms with Crippen LogP contribution >= 0.6 is 0 Å². The van der Waals surface area contributed by atoms with Crippen LogP contribution in [0.15, 0.2) is 54.7 Å². The maximum atomic E-state index is 13.1. The van der Waals surface area contributed by atoms with Gasteiger partial charge in [-0.05, 0) is 30.3 Å². The predicted octanol–water partition coefficient (Wildman–Crippen LogP) is 3.56. The lowest BCUT2D eigenvalue weighted by Gasteiger charge is -2.14. The number of anilines is 1. The quantitative estimate of drug-likeness (QED) is 0.607. The lowest BCUT2D eigenvalue weighted by molar-refractivity contribution is -0.137. The summed E-state index contributed by atoms with van der Waals surface area (Å²) in [5.74, 6) is -0.637. The highest BCUT2D eigenvalue weighted by Crippen LogP contribution is 2.35. The second-order valence-electron chi connectivity index (χ2n) is 5.86. The largest absolute Gasteiger partial charge is 0.489 e. The molecule has 0 radical (unpaired) electrons. The Balaban J connectivity index is 1.83. The number of ether oxygens (including phenoxy) is 2. The van der Waals surface area contributed by atoms with Gasteiger partial charge in [0.25, 0.3) is 5.91 Å². The zero-order valence-corrected chi connectivity index (χ0v) is 15.3. The number of alkyl halides is 3. The summed E-state index contributed by atoms with van der Waals surface area (Å²) in [4.78, 5) is 13.8. The molecule has 3 rings (SSSR count). The fraction of sp³-hybridized carbons (Fsp3) is 0.211. The number of carbonyl (C=O) groups excluding carboxylic acids is 1. The van der Waals surface area contributed by atoms with Crippen molar-refractivity contribution in [1.82, 2.24) is 15.0 Å². The van der Waals surface area contributed by atoms with Crippen LogP contribution in [0.5, 0.6) is 5.75 Å². The number of nitrogens with zero attached hydrogens (tertiary/aromatic N) is 3. The van der Waals surface area contributed by atoms with Gasteiger partial charge in [0.05, 0.1) is 29.7 Å². The molecule has 0 aliphatic heterocycles. The number of halogens is 3. The van der Waals surface area contributed by atoms with Crippen molar-refractivity contribution in [2.75, 3.05) is 25.6 Å². The average Bonchev–Trinajstić information content (AvgIpc) is 3.19. The molecule has 1 N–H and O–H groups in total. The van der Waals surface area contributed by atoms with Crippen LogP contribution in [0.25, 0.3) is 5.69 Å². The minimum atomic E-state index is -4.57. The van der Waals surface area contributed by atoms with E-state index in [2.05, 4.69) is 15.5 Å². The molecule has 0 unspecified atom stereocenters. The van der Waals surface area contributed by atoms with Crippen LogP contribution in [0.4, 0.5) is 18.9 Å². The summed E-state index contributed by atoms with van der Waals surface area (Å²) in [5, 5.41) is 10.5. The molecule has 0 bridgehead atoms. The molecule has 29 heavy (non-hydrogen) atoms. The molecule has 0 aliphatic rings. The summed E-state index contributed by atoms with van der Waals surface area (Å²) in [6, 6.07) is 11.7. The fourth-order valence-electron chi connectivity index (χ4n) is 2.40. The average molecular weight is 406 g/mol. The first-order valence-electron chi connectivity index (χ1n) is 8.50. The number of nitrogens with one attached hydrogen (secondary N) is 1. The third-order valence-corrected chi connectivity index (χ3v) is 3.81. The Labute approximate surface area is 164 Å². The molecule has 0 saturated heterocycles. The maximum absolute atomic E-state index is 13.1. The van der Waals surface area contributed by atoms with Crippen LogP contribution in [0.2, 0.25) is 0 Å². The first-order chi connectivity index (χ1) is 13.9. The molecule has 0 aliphatic carbocycles. The van der Waals surface area contributed by atoms with Crippen LogP contribution < -0.4 is 10.1 Å². The number of methoxy groups -OCH3 is 1. The molecule has 7 nitrogen and oxygen atoms in total. The minimum Gasteiger partial charge on any atom is -0.489 e. The molecule has 0 fully saturated rings. The van der Waals surface area contributed by atoms with Crippen molar-refractivity contribution < 1.29 is 27.4 Å². The zero-order valence-electron chi connectivity index (χ0n) is 15.3. The van der Waals surface area contributed by atoms with Crippen LogP contribution in [0, 0.1) is 0 Å². The Kier molecular flexibility index (Phi) is 6.13. The van der Waals surface area contributed by atoms with Gasteiger partial charge in [0, 0.05) is 7.11 Å². The number of benzene rings is 2. The number of para-hydroxylation sites is 1. The molecule has 0 saturated carbocycles. The second kappa shape index (κ2) is 8.74. The topological polar surface area (TPSA) is 78.3 Å². The van der Waals surface area contributed by atoms with Crippen molar-refractivity contribution in [3.8, 4) is 11.4 Å². The Hall–Kier alpha value is -3.40. The molecule has 0 atom stereocenters. The van der Waals surface area contributed by atoms with Gasteiger partial charge < -0.3 is 14.8 Å². The van der Waals surface area contributed by atoms with Gasteiger partial charge in [0.2, 0.25) is 0 Å². The number of hydrogen-bond acceptors (Lipinski definition) is 5. The third kappa shape index (κ3) is 5.11. The smallest absolute Gasteiger partial charge is 0.416 e. The molecule has 0 spiro atoms. The van der Waals surface area contributed by atoms with Crippen LogP contribution in [0.3, 0.4) is 0 Å². The fourth-order valence-corrected chi connectivity index (χ4v) is 2.40. The van der Waals surface area contributed by atoms with E-state index in [1.54, 1.807) is 24.3 Å². The van der Waals surface area contributed by atoms with Crippen LogP contribution in [-0.4, -0.2) is 41.2 Å². The van der Waals surface area contributed by atoms with E-state index in [9.17, 15) is 18.0 Å². The lowest BCUT2D eigenvalue weighted by Crippen LogP contribution is -2.16. The molecule has 3 aromatic rings. The van der Waals surface area contributed by atoms with Gasteiger partial charge in [-0.25, -0.2) is 0 Å². The van der Waals surface area contributed by atoms with E-state index >= 15 is 0 Å². The number of hydrogen-bond donors (Lipinski definition) is 1. The van der Waals surface area contributed by atoms with Crippen molar-refractivity contribution in [1.29, 1.82) is 0 Å². The van der Waals surface area contributed by atoms with E-state index in [1.165, 1.54) is 18.1 Å². The summed E-state index contributed by atoms with van der Waals surface area (Å²) < 4.78 is 49.4. The Bertz CT molecular complexity index is 974. The van der Waals surface area contributed by atoms with Gasteiger partial charge in [0.15, 0.2) is 5.69 Å². The monoisotopic (exact) mass is 406 g/mol. The van der Waals surface area contributed by atoms with Gasteiger partial charge in [-0.15, -0.1) is 5.10 Å². The highest BCUT2D eigenvalue weighted by atomic mass is 19.4. The summed E-state index contributed by atoms with van der Waals surface area (Å²) in [7, 11) is 1.47. The van der Waals surface area contributed by atoms with Gasteiger partial charge in [-0.2, -0.15) is 23.1 Å². The second-order valence-corrected chi connectivity index (χ2v) is 5.86. The molecule has 152 valence electrons. The first-order valence-corrected chi connectivity index (χ1v) is 8.50. The standard InChI is InChI=1S/C19H17F3N4O3/c1-28-9-10-29-17-8-7-13(19(20,21)22)11-15(17)24-18(27)16-12-23-26(25-16)14-5-3-2-4-6-14/h2-8,11-12H,9-10H2,1H3,(H,24,27). The molecule has 10 heteroatoms. The third-order valence-electron chi connectivity index (χ3n) is 3.81. The summed E-state index contributed by atoms with van der Waals surface area (Å²) >= 11 is 0. The van der Waals surface area contributed by atoms with Crippen molar-refractivity contribution in [2.24, 2.45) is 0 Å². The Morgan fingerprint density at radius 1 is 1.14 bits per heavy atom. The SMILES string of the molecule is COCCOc1ccc(C(F)(F)F)cc1NC(=O)c1cnn(-c2ccccc2)n1. The van der Waals surface area contributed by atoms with Crippen molar-refractivity contribution in [2.45, 2.75) is 6.18 Å². The van der Waals surface area contributed by atoms with Crippen molar-refractivity contribution in [3.63, 3.8) is 0 Å². The van der Waals surface area contributed by atoms with E-state index < -0.39 is 17.6 Å². The van der Waals surface area contributed by atoms with Gasteiger partial charge >= 0.3 is 6.18 Å². The molecule has 2 aromatic carbocycles. The number of carbonyl (C=O) groups is 1. The predicted molar refractivity (Wildman–Crippen MR) is 98.1 cm³/mol. The van der Waals surface area contributed by atoms with E-state index in [0.717, 1.165) is 18.2 Å². The van der Waals surface area contributed by atoms with Gasteiger partial charge in [0.1, 0.15) is 12.4 Å². The van der Waals surface area contributed by atoms with Gasteiger partial charge in [-0.3, -0.25) is 4.79 Å². The zero-order chi connectivity index (χ0) is 20.9.